The van der Waals surface area contributed by atoms with Gasteiger partial charge in [0.25, 0.3) is 5.91 Å². The van der Waals surface area contributed by atoms with Gasteiger partial charge in [-0.25, -0.2) is 0 Å². The molecule has 0 aromatic heterocycles. The van der Waals surface area contributed by atoms with Crippen molar-refractivity contribution in [2.24, 2.45) is 5.73 Å². The second-order valence-electron chi connectivity index (χ2n) is 4.54. The molecule has 0 heterocycles. The Hall–Kier alpha value is -1.39. The Labute approximate surface area is 108 Å². The summed E-state index contributed by atoms with van der Waals surface area (Å²) in [5.41, 5.74) is 6.73. The molecular formula is C14H22N2O2. The van der Waals surface area contributed by atoms with E-state index in [4.69, 9.17) is 5.73 Å². The summed E-state index contributed by atoms with van der Waals surface area (Å²) in [6, 6.07) is 8.98. The number of rotatable bonds is 6. The number of hydrogen-bond donors (Lipinski definition) is 3. The second kappa shape index (κ2) is 7.13. The SMILES string of the molecule is CCC[C@H](N)C(O)C(=O)N[C@@H](C)c1ccccc1. The van der Waals surface area contributed by atoms with E-state index >= 15 is 0 Å². The molecule has 0 aliphatic heterocycles. The van der Waals surface area contributed by atoms with Gasteiger partial charge in [-0.1, -0.05) is 43.7 Å². The van der Waals surface area contributed by atoms with E-state index in [2.05, 4.69) is 5.32 Å². The summed E-state index contributed by atoms with van der Waals surface area (Å²) in [7, 11) is 0. The highest BCUT2D eigenvalue weighted by molar-refractivity contribution is 5.81. The number of hydrogen-bond acceptors (Lipinski definition) is 3. The molecule has 4 nitrogen and oxygen atoms in total. The lowest BCUT2D eigenvalue weighted by Gasteiger charge is -2.21. The molecule has 0 saturated carbocycles. The summed E-state index contributed by atoms with van der Waals surface area (Å²) in [6.07, 6.45) is 0.338. The maximum absolute atomic E-state index is 11.8. The maximum Gasteiger partial charge on any atom is 0.250 e. The van der Waals surface area contributed by atoms with Crippen LogP contribution in [0.15, 0.2) is 30.3 Å². The minimum Gasteiger partial charge on any atom is -0.382 e. The van der Waals surface area contributed by atoms with Crippen LogP contribution in [0.4, 0.5) is 0 Å². The molecule has 0 radical (unpaired) electrons. The average molecular weight is 250 g/mol. The van der Waals surface area contributed by atoms with Gasteiger partial charge in [-0.05, 0) is 18.9 Å². The number of carbonyl (C=O) groups excluding carboxylic acids is 1. The Morgan fingerprint density at radius 1 is 1.39 bits per heavy atom. The highest BCUT2D eigenvalue weighted by Crippen LogP contribution is 2.11. The van der Waals surface area contributed by atoms with Crippen molar-refractivity contribution in [2.45, 2.75) is 44.9 Å². The Balaban J connectivity index is 2.54. The van der Waals surface area contributed by atoms with Crippen molar-refractivity contribution in [1.82, 2.24) is 5.32 Å². The molecule has 100 valence electrons. The van der Waals surface area contributed by atoms with Crippen LogP contribution in [0.1, 0.15) is 38.3 Å². The number of aliphatic hydroxyl groups excluding tert-OH is 1. The summed E-state index contributed by atoms with van der Waals surface area (Å²) in [5, 5.41) is 12.5. The van der Waals surface area contributed by atoms with Crippen LogP contribution in [0.5, 0.6) is 0 Å². The highest BCUT2D eigenvalue weighted by atomic mass is 16.3. The number of nitrogens with one attached hydrogen (secondary N) is 1. The fraction of sp³-hybridized carbons (Fsp3) is 0.500. The van der Waals surface area contributed by atoms with Gasteiger partial charge in [0.1, 0.15) is 6.10 Å². The quantitative estimate of drug-likeness (QED) is 0.713. The van der Waals surface area contributed by atoms with Crippen molar-refractivity contribution in [3.8, 4) is 0 Å². The van der Waals surface area contributed by atoms with Crippen molar-refractivity contribution in [2.75, 3.05) is 0 Å². The van der Waals surface area contributed by atoms with Gasteiger partial charge < -0.3 is 16.2 Å². The minimum atomic E-state index is -1.14. The first kappa shape index (κ1) is 14.7. The number of benzene rings is 1. The fourth-order valence-corrected chi connectivity index (χ4v) is 1.81. The predicted molar refractivity (Wildman–Crippen MR) is 71.9 cm³/mol. The summed E-state index contributed by atoms with van der Waals surface area (Å²) in [4.78, 5) is 11.8. The average Bonchev–Trinajstić information content (AvgIpc) is 2.39. The lowest BCUT2D eigenvalue weighted by Crippen LogP contribution is -2.46. The van der Waals surface area contributed by atoms with Gasteiger partial charge in [-0.15, -0.1) is 0 Å². The topological polar surface area (TPSA) is 75.3 Å². The predicted octanol–water partition coefficient (Wildman–Crippen LogP) is 1.35. The summed E-state index contributed by atoms with van der Waals surface area (Å²) in [5.74, 6) is -0.410. The van der Waals surface area contributed by atoms with E-state index < -0.39 is 18.1 Å². The Morgan fingerprint density at radius 3 is 2.56 bits per heavy atom. The maximum atomic E-state index is 11.8. The second-order valence-corrected chi connectivity index (χ2v) is 4.54. The molecule has 1 unspecified atom stereocenters. The van der Waals surface area contributed by atoms with Crippen LogP contribution in [0.25, 0.3) is 0 Å². The molecule has 1 aromatic carbocycles. The standard InChI is InChI=1S/C14H22N2O2/c1-3-7-12(15)13(17)14(18)16-10(2)11-8-5-4-6-9-11/h4-6,8-10,12-13,17H,3,7,15H2,1-2H3,(H,16,18)/t10-,12-,13?/m0/s1. The molecule has 0 fully saturated rings. The molecule has 0 spiro atoms. The lowest BCUT2D eigenvalue weighted by atomic mass is 10.0. The molecule has 18 heavy (non-hydrogen) atoms. The van der Waals surface area contributed by atoms with Gasteiger partial charge in [-0.3, -0.25) is 4.79 Å². The molecule has 3 atom stereocenters. The summed E-state index contributed by atoms with van der Waals surface area (Å²) >= 11 is 0. The van der Waals surface area contributed by atoms with Crippen molar-refractivity contribution in [1.29, 1.82) is 0 Å². The first-order chi connectivity index (χ1) is 8.56. The highest BCUT2D eigenvalue weighted by Gasteiger charge is 2.23. The number of amides is 1. The molecular weight excluding hydrogens is 228 g/mol. The van der Waals surface area contributed by atoms with Gasteiger partial charge >= 0.3 is 0 Å². The summed E-state index contributed by atoms with van der Waals surface area (Å²) in [6.45, 7) is 3.85. The van der Waals surface area contributed by atoms with Crippen LogP contribution in [0, 0.1) is 0 Å². The molecule has 1 rings (SSSR count). The van der Waals surface area contributed by atoms with Gasteiger partial charge in [0.15, 0.2) is 0 Å². The molecule has 0 bridgehead atoms. The number of carbonyl (C=O) groups is 1. The normalized spacial score (nSPS) is 15.8. The van der Waals surface area contributed by atoms with Crippen molar-refractivity contribution in [3.63, 3.8) is 0 Å². The van der Waals surface area contributed by atoms with Crippen molar-refractivity contribution < 1.29 is 9.90 Å². The lowest BCUT2D eigenvalue weighted by molar-refractivity contribution is -0.131. The number of aliphatic hydroxyl groups is 1. The Bertz CT molecular complexity index is 367. The Morgan fingerprint density at radius 2 is 2.00 bits per heavy atom. The van der Waals surface area contributed by atoms with E-state index in [0.29, 0.717) is 6.42 Å². The van der Waals surface area contributed by atoms with E-state index in [0.717, 1.165) is 12.0 Å². The molecule has 4 N–H and O–H groups in total. The third-order valence-electron chi connectivity index (χ3n) is 2.95. The van der Waals surface area contributed by atoms with Crippen LogP contribution in [-0.4, -0.2) is 23.2 Å². The smallest absolute Gasteiger partial charge is 0.250 e. The van der Waals surface area contributed by atoms with Gasteiger partial charge in [0.05, 0.1) is 6.04 Å². The molecule has 0 aliphatic carbocycles. The zero-order valence-corrected chi connectivity index (χ0v) is 11.0. The van der Waals surface area contributed by atoms with E-state index in [1.54, 1.807) is 0 Å². The molecule has 0 aliphatic rings. The van der Waals surface area contributed by atoms with E-state index in [1.165, 1.54) is 0 Å². The number of nitrogens with two attached hydrogens (primary N) is 1. The largest absolute Gasteiger partial charge is 0.382 e. The van der Waals surface area contributed by atoms with E-state index in [9.17, 15) is 9.90 Å². The van der Waals surface area contributed by atoms with E-state index in [-0.39, 0.29) is 6.04 Å². The van der Waals surface area contributed by atoms with E-state index in [1.807, 2.05) is 44.2 Å². The first-order valence-electron chi connectivity index (χ1n) is 6.35. The monoisotopic (exact) mass is 250 g/mol. The van der Waals surface area contributed by atoms with Crippen molar-refractivity contribution >= 4 is 5.91 Å². The first-order valence-corrected chi connectivity index (χ1v) is 6.35. The third kappa shape index (κ3) is 4.13. The van der Waals surface area contributed by atoms with Crippen LogP contribution in [0.2, 0.25) is 0 Å². The Kier molecular flexibility index (Phi) is 5.82. The van der Waals surface area contributed by atoms with Gasteiger partial charge in [0.2, 0.25) is 0 Å². The molecule has 1 aromatic rings. The summed E-state index contributed by atoms with van der Waals surface area (Å²) < 4.78 is 0. The van der Waals surface area contributed by atoms with Crippen LogP contribution in [-0.2, 0) is 4.79 Å². The molecule has 1 amide bonds. The molecule has 4 heteroatoms. The van der Waals surface area contributed by atoms with Crippen LogP contribution in [0.3, 0.4) is 0 Å². The van der Waals surface area contributed by atoms with Crippen LogP contribution < -0.4 is 11.1 Å². The zero-order valence-electron chi connectivity index (χ0n) is 11.0. The molecule has 0 saturated heterocycles. The third-order valence-corrected chi connectivity index (χ3v) is 2.95. The van der Waals surface area contributed by atoms with Gasteiger partial charge in [0, 0.05) is 6.04 Å². The van der Waals surface area contributed by atoms with Crippen LogP contribution >= 0.6 is 0 Å². The van der Waals surface area contributed by atoms with Gasteiger partial charge in [-0.2, -0.15) is 0 Å². The minimum absolute atomic E-state index is 0.137. The fourth-order valence-electron chi connectivity index (χ4n) is 1.81. The van der Waals surface area contributed by atoms with Crippen molar-refractivity contribution in [3.05, 3.63) is 35.9 Å². The zero-order chi connectivity index (χ0) is 13.5.